The maximum absolute atomic E-state index is 5.91. The summed E-state index contributed by atoms with van der Waals surface area (Å²) in [5, 5.41) is 1.10. The second-order valence-electron chi connectivity index (χ2n) is 3.18. The van der Waals surface area contributed by atoms with Crippen molar-refractivity contribution in [1.29, 1.82) is 0 Å². The number of nitrogens with zero attached hydrogens (tertiary/aromatic N) is 1. The third-order valence-electron chi connectivity index (χ3n) is 2.29. The number of nitrogens with two attached hydrogens (primary N) is 1. The van der Waals surface area contributed by atoms with Crippen molar-refractivity contribution in [1.82, 2.24) is 4.98 Å². The fraction of sp³-hybridized carbons (Fsp3) is 0.0833. The smallest absolute Gasteiger partial charge is 0.0705 e. The lowest BCUT2D eigenvalue weighted by atomic mass is 10.0. The van der Waals surface area contributed by atoms with Gasteiger partial charge in [-0.1, -0.05) is 24.3 Å². The van der Waals surface area contributed by atoms with Crippen molar-refractivity contribution in [3.05, 3.63) is 54.7 Å². The molecule has 0 aliphatic rings. The fourth-order valence-corrected chi connectivity index (χ4v) is 1.54. The molecule has 0 spiro atoms. The van der Waals surface area contributed by atoms with E-state index < -0.39 is 0 Å². The van der Waals surface area contributed by atoms with Gasteiger partial charge in [-0.15, -0.1) is 6.58 Å². The molecule has 1 aromatic carbocycles. The van der Waals surface area contributed by atoms with E-state index in [1.165, 1.54) is 0 Å². The van der Waals surface area contributed by atoms with Crippen LogP contribution in [-0.2, 0) is 0 Å². The largest absolute Gasteiger partial charge is 0.321 e. The SMILES string of the molecule is C=C[C@H](N)c1cccc2ncccc12. The lowest BCUT2D eigenvalue weighted by molar-refractivity contribution is 0.924. The van der Waals surface area contributed by atoms with Gasteiger partial charge in [-0.3, -0.25) is 4.98 Å². The summed E-state index contributed by atoms with van der Waals surface area (Å²) in [6.07, 6.45) is 3.52. The number of benzene rings is 1. The topological polar surface area (TPSA) is 38.9 Å². The minimum absolute atomic E-state index is 0.122. The molecule has 0 aliphatic heterocycles. The zero-order valence-electron chi connectivity index (χ0n) is 7.85. The van der Waals surface area contributed by atoms with E-state index in [0.717, 1.165) is 16.5 Å². The highest BCUT2D eigenvalue weighted by atomic mass is 14.7. The van der Waals surface area contributed by atoms with Crippen LogP contribution in [0.1, 0.15) is 11.6 Å². The van der Waals surface area contributed by atoms with Crippen molar-refractivity contribution in [3.8, 4) is 0 Å². The van der Waals surface area contributed by atoms with Gasteiger partial charge in [-0.2, -0.15) is 0 Å². The average Bonchev–Trinajstić information content (AvgIpc) is 2.27. The van der Waals surface area contributed by atoms with Crippen LogP contribution in [0.2, 0.25) is 0 Å². The Morgan fingerprint density at radius 3 is 2.93 bits per heavy atom. The first-order chi connectivity index (χ1) is 6.83. The van der Waals surface area contributed by atoms with E-state index in [2.05, 4.69) is 11.6 Å². The number of hydrogen-bond acceptors (Lipinski definition) is 2. The molecular formula is C12H12N2. The summed E-state index contributed by atoms with van der Waals surface area (Å²) in [4.78, 5) is 4.27. The molecule has 2 N–H and O–H groups in total. The van der Waals surface area contributed by atoms with E-state index in [1.54, 1.807) is 12.3 Å². The van der Waals surface area contributed by atoms with E-state index >= 15 is 0 Å². The highest BCUT2D eigenvalue weighted by molar-refractivity contribution is 5.82. The Hall–Kier alpha value is -1.67. The standard InChI is InChI=1S/C12H12N2/c1-2-11(13)9-5-3-7-12-10(9)6-4-8-14-12/h2-8,11H,1,13H2/t11-/m0/s1. The van der Waals surface area contributed by atoms with Crippen molar-refractivity contribution >= 4 is 10.9 Å². The monoisotopic (exact) mass is 184 g/mol. The van der Waals surface area contributed by atoms with Gasteiger partial charge in [0, 0.05) is 17.6 Å². The van der Waals surface area contributed by atoms with Crippen LogP contribution in [0.25, 0.3) is 10.9 Å². The van der Waals surface area contributed by atoms with Gasteiger partial charge in [0.25, 0.3) is 0 Å². The molecule has 0 bridgehead atoms. The van der Waals surface area contributed by atoms with Gasteiger partial charge in [-0.25, -0.2) is 0 Å². The van der Waals surface area contributed by atoms with E-state index in [1.807, 2.05) is 30.3 Å². The zero-order valence-corrected chi connectivity index (χ0v) is 7.85. The number of hydrogen-bond donors (Lipinski definition) is 1. The Labute approximate surface area is 83.1 Å². The Balaban J connectivity index is 2.70. The average molecular weight is 184 g/mol. The summed E-state index contributed by atoms with van der Waals surface area (Å²) < 4.78 is 0. The van der Waals surface area contributed by atoms with Crippen LogP contribution in [0.3, 0.4) is 0 Å². The predicted molar refractivity (Wildman–Crippen MR) is 58.9 cm³/mol. The summed E-state index contributed by atoms with van der Waals surface area (Å²) in [6, 6.07) is 9.78. The van der Waals surface area contributed by atoms with Crippen molar-refractivity contribution in [2.75, 3.05) is 0 Å². The van der Waals surface area contributed by atoms with E-state index in [4.69, 9.17) is 5.73 Å². The summed E-state index contributed by atoms with van der Waals surface area (Å²) in [6.45, 7) is 3.70. The molecule has 0 unspecified atom stereocenters. The van der Waals surface area contributed by atoms with Crippen LogP contribution < -0.4 is 5.73 Å². The second kappa shape index (κ2) is 3.60. The number of pyridine rings is 1. The first-order valence-corrected chi connectivity index (χ1v) is 4.54. The summed E-state index contributed by atoms with van der Waals surface area (Å²) in [5.74, 6) is 0. The highest BCUT2D eigenvalue weighted by Crippen LogP contribution is 2.21. The van der Waals surface area contributed by atoms with Crippen molar-refractivity contribution in [2.24, 2.45) is 5.73 Å². The lowest BCUT2D eigenvalue weighted by Gasteiger charge is -2.09. The minimum atomic E-state index is -0.122. The van der Waals surface area contributed by atoms with E-state index in [0.29, 0.717) is 0 Å². The molecule has 1 heterocycles. The van der Waals surface area contributed by atoms with E-state index in [9.17, 15) is 0 Å². The number of aromatic nitrogens is 1. The van der Waals surface area contributed by atoms with Gasteiger partial charge in [0.05, 0.1) is 5.52 Å². The van der Waals surface area contributed by atoms with Crippen molar-refractivity contribution in [2.45, 2.75) is 6.04 Å². The first kappa shape index (κ1) is 8.91. The van der Waals surface area contributed by atoms with Gasteiger partial charge >= 0.3 is 0 Å². The third-order valence-corrected chi connectivity index (χ3v) is 2.29. The molecule has 0 aliphatic carbocycles. The molecule has 0 amide bonds. The molecule has 2 aromatic rings. The molecule has 0 saturated heterocycles. The molecule has 1 atom stereocenters. The molecule has 2 heteroatoms. The molecule has 0 fully saturated rings. The van der Waals surface area contributed by atoms with Gasteiger partial charge in [0.2, 0.25) is 0 Å². The van der Waals surface area contributed by atoms with Crippen LogP contribution in [0.4, 0.5) is 0 Å². The summed E-state index contributed by atoms with van der Waals surface area (Å²) >= 11 is 0. The summed E-state index contributed by atoms with van der Waals surface area (Å²) in [7, 11) is 0. The van der Waals surface area contributed by atoms with Crippen molar-refractivity contribution < 1.29 is 0 Å². The Morgan fingerprint density at radius 2 is 2.14 bits per heavy atom. The normalized spacial score (nSPS) is 12.6. The first-order valence-electron chi connectivity index (χ1n) is 4.54. The number of fused-ring (bicyclic) bond motifs is 1. The van der Waals surface area contributed by atoms with Crippen LogP contribution >= 0.6 is 0 Å². The molecule has 0 radical (unpaired) electrons. The second-order valence-corrected chi connectivity index (χ2v) is 3.18. The molecule has 1 aromatic heterocycles. The fourth-order valence-electron chi connectivity index (χ4n) is 1.54. The molecular weight excluding hydrogens is 172 g/mol. The lowest BCUT2D eigenvalue weighted by Crippen LogP contribution is -2.06. The van der Waals surface area contributed by atoms with Gasteiger partial charge < -0.3 is 5.73 Å². The zero-order chi connectivity index (χ0) is 9.97. The highest BCUT2D eigenvalue weighted by Gasteiger charge is 2.05. The maximum atomic E-state index is 5.91. The van der Waals surface area contributed by atoms with Crippen LogP contribution in [0.5, 0.6) is 0 Å². The van der Waals surface area contributed by atoms with Gasteiger partial charge in [-0.05, 0) is 17.7 Å². The molecule has 2 nitrogen and oxygen atoms in total. The van der Waals surface area contributed by atoms with Gasteiger partial charge in [0.15, 0.2) is 0 Å². The van der Waals surface area contributed by atoms with Crippen LogP contribution in [0, 0.1) is 0 Å². The third kappa shape index (κ3) is 1.40. The predicted octanol–water partition coefficient (Wildman–Crippen LogP) is 2.42. The van der Waals surface area contributed by atoms with Crippen molar-refractivity contribution in [3.63, 3.8) is 0 Å². The Kier molecular flexibility index (Phi) is 2.29. The maximum Gasteiger partial charge on any atom is 0.0705 e. The Bertz CT molecular complexity index is 457. The molecule has 0 saturated carbocycles. The molecule has 70 valence electrons. The summed E-state index contributed by atoms with van der Waals surface area (Å²) in [5.41, 5.74) is 7.96. The van der Waals surface area contributed by atoms with Gasteiger partial charge in [0.1, 0.15) is 0 Å². The Morgan fingerprint density at radius 1 is 1.29 bits per heavy atom. The molecule has 2 rings (SSSR count). The minimum Gasteiger partial charge on any atom is -0.321 e. The van der Waals surface area contributed by atoms with Crippen LogP contribution in [-0.4, -0.2) is 4.98 Å². The quantitative estimate of drug-likeness (QED) is 0.728. The van der Waals surface area contributed by atoms with E-state index in [-0.39, 0.29) is 6.04 Å². The number of rotatable bonds is 2. The molecule has 14 heavy (non-hydrogen) atoms. The van der Waals surface area contributed by atoms with Crippen LogP contribution in [0.15, 0.2) is 49.2 Å².